The molecule has 2 rings (SSSR count). The molecule has 86 valence electrons. The standard InChI is InChI=1S/C12H17N3O/c13-10-3-1-9(2-4-10)12(16)15-11-5-7-14-8-6-11/h5-10H,1-4,13H2,(H,14,15,16)/t9-,10+. The number of nitrogens with two attached hydrogens (primary N) is 1. The molecule has 1 aliphatic carbocycles. The van der Waals surface area contributed by atoms with Crippen LogP contribution in [-0.4, -0.2) is 16.9 Å². The monoisotopic (exact) mass is 219 g/mol. The summed E-state index contributed by atoms with van der Waals surface area (Å²) in [7, 11) is 0. The maximum absolute atomic E-state index is 11.9. The molecule has 0 aromatic carbocycles. The number of nitrogens with one attached hydrogen (secondary N) is 1. The van der Waals surface area contributed by atoms with Crippen LogP contribution >= 0.6 is 0 Å². The second-order valence-corrected chi connectivity index (χ2v) is 4.34. The van der Waals surface area contributed by atoms with Crippen molar-refractivity contribution < 1.29 is 4.79 Å². The maximum atomic E-state index is 11.9. The molecule has 16 heavy (non-hydrogen) atoms. The van der Waals surface area contributed by atoms with Crippen LogP contribution in [0.25, 0.3) is 0 Å². The molecule has 4 nitrogen and oxygen atoms in total. The van der Waals surface area contributed by atoms with Crippen molar-refractivity contribution in [3.8, 4) is 0 Å². The minimum absolute atomic E-state index is 0.109. The van der Waals surface area contributed by atoms with Crippen molar-refractivity contribution in [2.75, 3.05) is 5.32 Å². The highest BCUT2D eigenvalue weighted by atomic mass is 16.1. The predicted octanol–water partition coefficient (Wildman–Crippen LogP) is 1.54. The van der Waals surface area contributed by atoms with Crippen molar-refractivity contribution in [1.82, 2.24) is 4.98 Å². The molecule has 1 aliphatic rings. The van der Waals surface area contributed by atoms with Gasteiger partial charge in [-0.05, 0) is 37.8 Å². The number of nitrogens with zero attached hydrogens (tertiary/aromatic N) is 1. The molecule has 0 unspecified atom stereocenters. The van der Waals surface area contributed by atoms with Gasteiger partial charge in [0.1, 0.15) is 0 Å². The number of carbonyl (C=O) groups excluding carboxylic acids is 1. The largest absolute Gasteiger partial charge is 0.328 e. The van der Waals surface area contributed by atoms with E-state index in [0.717, 1.165) is 31.4 Å². The van der Waals surface area contributed by atoms with Crippen LogP contribution < -0.4 is 11.1 Å². The molecule has 1 saturated carbocycles. The van der Waals surface area contributed by atoms with Crippen molar-refractivity contribution in [2.45, 2.75) is 31.7 Å². The zero-order chi connectivity index (χ0) is 11.4. The van der Waals surface area contributed by atoms with Crippen molar-refractivity contribution >= 4 is 11.6 Å². The van der Waals surface area contributed by atoms with Crippen LogP contribution in [0.4, 0.5) is 5.69 Å². The first-order valence-corrected chi connectivity index (χ1v) is 5.72. The number of rotatable bonds is 2. The summed E-state index contributed by atoms with van der Waals surface area (Å²) in [5, 5.41) is 2.91. The van der Waals surface area contributed by atoms with E-state index in [1.54, 1.807) is 24.5 Å². The van der Waals surface area contributed by atoms with Gasteiger partial charge >= 0.3 is 0 Å². The van der Waals surface area contributed by atoms with Crippen LogP contribution in [0.3, 0.4) is 0 Å². The normalized spacial score (nSPS) is 25.1. The summed E-state index contributed by atoms with van der Waals surface area (Å²) < 4.78 is 0. The van der Waals surface area contributed by atoms with E-state index < -0.39 is 0 Å². The van der Waals surface area contributed by atoms with Gasteiger partial charge in [0.2, 0.25) is 5.91 Å². The van der Waals surface area contributed by atoms with Crippen LogP contribution in [0.15, 0.2) is 24.5 Å². The zero-order valence-corrected chi connectivity index (χ0v) is 9.23. The summed E-state index contributed by atoms with van der Waals surface area (Å²) in [5.41, 5.74) is 6.62. The highest BCUT2D eigenvalue weighted by Gasteiger charge is 2.24. The Morgan fingerprint density at radius 3 is 2.50 bits per heavy atom. The van der Waals surface area contributed by atoms with Gasteiger partial charge in [0.05, 0.1) is 0 Å². The molecule has 1 aromatic heterocycles. The molecule has 0 aliphatic heterocycles. The number of carbonyl (C=O) groups is 1. The summed E-state index contributed by atoms with van der Waals surface area (Å²) in [4.78, 5) is 15.8. The smallest absolute Gasteiger partial charge is 0.227 e. The van der Waals surface area contributed by atoms with E-state index in [9.17, 15) is 4.79 Å². The molecule has 0 radical (unpaired) electrons. The molecule has 0 bridgehead atoms. The minimum atomic E-state index is 0.109. The summed E-state index contributed by atoms with van der Waals surface area (Å²) in [6.07, 6.45) is 7.05. The predicted molar refractivity (Wildman–Crippen MR) is 62.8 cm³/mol. The summed E-state index contributed by atoms with van der Waals surface area (Å²) in [6, 6.07) is 3.88. The number of amides is 1. The zero-order valence-electron chi connectivity index (χ0n) is 9.23. The minimum Gasteiger partial charge on any atom is -0.328 e. The second-order valence-electron chi connectivity index (χ2n) is 4.34. The second kappa shape index (κ2) is 5.07. The van der Waals surface area contributed by atoms with Gasteiger partial charge in [-0.3, -0.25) is 9.78 Å². The third-order valence-electron chi connectivity index (χ3n) is 3.09. The molecular formula is C12H17N3O. The molecule has 0 atom stereocenters. The quantitative estimate of drug-likeness (QED) is 0.792. The summed E-state index contributed by atoms with van der Waals surface area (Å²) in [5.74, 6) is 0.228. The molecule has 1 aromatic rings. The van der Waals surface area contributed by atoms with Crippen LogP contribution in [0.2, 0.25) is 0 Å². The number of pyridine rings is 1. The topological polar surface area (TPSA) is 68.0 Å². The lowest BCUT2D eigenvalue weighted by atomic mass is 9.86. The van der Waals surface area contributed by atoms with E-state index in [-0.39, 0.29) is 17.9 Å². The molecule has 0 saturated heterocycles. The average Bonchev–Trinajstić information content (AvgIpc) is 2.31. The SMILES string of the molecule is N[C@H]1CC[C@@H](C(=O)Nc2ccncc2)CC1. The van der Waals surface area contributed by atoms with Gasteiger partial charge < -0.3 is 11.1 Å². The third-order valence-corrected chi connectivity index (χ3v) is 3.09. The molecule has 1 fully saturated rings. The first kappa shape index (κ1) is 11.1. The van der Waals surface area contributed by atoms with Gasteiger partial charge in [0.15, 0.2) is 0 Å². The van der Waals surface area contributed by atoms with Crippen molar-refractivity contribution in [2.24, 2.45) is 11.7 Å². The Morgan fingerprint density at radius 2 is 1.88 bits per heavy atom. The van der Waals surface area contributed by atoms with E-state index in [0.29, 0.717) is 0 Å². The van der Waals surface area contributed by atoms with Gasteiger partial charge in [-0.1, -0.05) is 0 Å². The third kappa shape index (κ3) is 2.79. The average molecular weight is 219 g/mol. The number of aromatic nitrogens is 1. The Hall–Kier alpha value is -1.42. The molecular weight excluding hydrogens is 202 g/mol. The highest BCUT2D eigenvalue weighted by molar-refractivity contribution is 5.92. The first-order chi connectivity index (χ1) is 7.75. The number of hydrogen-bond acceptors (Lipinski definition) is 3. The lowest BCUT2D eigenvalue weighted by Crippen LogP contribution is -2.32. The lowest BCUT2D eigenvalue weighted by Gasteiger charge is -2.25. The summed E-state index contributed by atoms with van der Waals surface area (Å²) >= 11 is 0. The Labute approximate surface area is 95.3 Å². The fraction of sp³-hybridized carbons (Fsp3) is 0.500. The van der Waals surface area contributed by atoms with Crippen molar-refractivity contribution in [3.05, 3.63) is 24.5 Å². The highest BCUT2D eigenvalue weighted by Crippen LogP contribution is 2.24. The van der Waals surface area contributed by atoms with Crippen LogP contribution in [0.5, 0.6) is 0 Å². The first-order valence-electron chi connectivity index (χ1n) is 5.72. The van der Waals surface area contributed by atoms with Crippen molar-refractivity contribution in [1.29, 1.82) is 0 Å². The Kier molecular flexibility index (Phi) is 3.51. The lowest BCUT2D eigenvalue weighted by molar-refractivity contribution is -0.120. The Bertz CT molecular complexity index is 345. The van der Waals surface area contributed by atoms with Crippen LogP contribution in [0.1, 0.15) is 25.7 Å². The maximum Gasteiger partial charge on any atom is 0.227 e. The molecule has 1 amide bonds. The van der Waals surface area contributed by atoms with E-state index in [2.05, 4.69) is 10.3 Å². The van der Waals surface area contributed by atoms with E-state index in [1.165, 1.54) is 0 Å². The summed E-state index contributed by atoms with van der Waals surface area (Å²) in [6.45, 7) is 0. The van der Waals surface area contributed by atoms with E-state index >= 15 is 0 Å². The van der Waals surface area contributed by atoms with E-state index in [1.807, 2.05) is 0 Å². The fourth-order valence-electron chi connectivity index (χ4n) is 2.06. The fourth-order valence-corrected chi connectivity index (χ4v) is 2.06. The molecule has 1 heterocycles. The van der Waals surface area contributed by atoms with Crippen LogP contribution in [-0.2, 0) is 4.79 Å². The Balaban J connectivity index is 1.89. The molecule has 3 N–H and O–H groups in total. The molecule has 0 spiro atoms. The van der Waals surface area contributed by atoms with Crippen molar-refractivity contribution in [3.63, 3.8) is 0 Å². The number of anilines is 1. The van der Waals surface area contributed by atoms with Crippen LogP contribution in [0, 0.1) is 5.92 Å². The van der Waals surface area contributed by atoms with Gasteiger partial charge in [0, 0.05) is 30.0 Å². The van der Waals surface area contributed by atoms with E-state index in [4.69, 9.17) is 5.73 Å². The Morgan fingerprint density at radius 1 is 1.25 bits per heavy atom. The van der Waals surface area contributed by atoms with Gasteiger partial charge in [-0.2, -0.15) is 0 Å². The van der Waals surface area contributed by atoms with Gasteiger partial charge in [-0.15, -0.1) is 0 Å². The van der Waals surface area contributed by atoms with Gasteiger partial charge in [-0.25, -0.2) is 0 Å². The molecule has 4 heteroatoms. The number of hydrogen-bond donors (Lipinski definition) is 2. The van der Waals surface area contributed by atoms with Gasteiger partial charge in [0.25, 0.3) is 0 Å².